The van der Waals surface area contributed by atoms with Gasteiger partial charge in [0.05, 0.1) is 11.7 Å². The zero-order chi connectivity index (χ0) is 21.7. The van der Waals surface area contributed by atoms with Gasteiger partial charge >= 0.3 is 0 Å². The number of fused-ring (bicyclic) bond motifs is 1. The van der Waals surface area contributed by atoms with Crippen LogP contribution in [0.5, 0.6) is 0 Å². The minimum Gasteiger partial charge on any atom is -0.351 e. The summed E-state index contributed by atoms with van der Waals surface area (Å²) in [4.78, 5) is 16.7. The van der Waals surface area contributed by atoms with Crippen LogP contribution in [0.3, 0.4) is 0 Å². The summed E-state index contributed by atoms with van der Waals surface area (Å²) >= 11 is 0. The Morgan fingerprint density at radius 3 is 2.42 bits per heavy atom. The van der Waals surface area contributed by atoms with E-state index in [1.807, 2.05) is 39.0 Å². The summed E-state index contributed by atoms with van der Waals surface area (Å²) in [5, 5.41) is 25.4. The molecular weight excluding hydrogens is 396 g/mol. The van der Waals surface area contributed by atoms with Gasteiger partial charge in [-0.1, -0.05) is 0 Å². The van der Waals surface area contributed by atoms with Gasteiger partial charge in [0.2, 0.25) is 0 Å². The number of amides is 1. The highest BCUT2D eigenvalue weighted by molar-refractivity contribution is 5.92. The molecule has 4 aromatic rings. The van der Waals surface area contributed by atoms with Crippen LogP contribution in [0.4, 0.5) is 5.82 Å². The number of carbonyl (C=O) groups is 1. The largest absolute Gasteiger partial charge is 0.351 e. The average molecular weight is 418 g/mol. The van der Waals surface area contributed by atoms with E-state index < -0.39 is 0 Å². The number of aromatic nitrogens is 8. The second kappa shape index (κ2) is 7.11. The molecule has 0 atom stereocenters. The van der Waals surface area contributed by atoms with E-state index in [-0.39, 0.29) is 11.9 Å². The Balaban J connectivity index is 1.25. The maximum Gasteiger partial charge on any atom is 0.274 e. The highest BCUT2D eigenvalue weighted by atomic mass is 16.2. The molecule has 0 saturated carbocycles. The van der Waals surface area contributed by atoms with Gasteiger partial charge in [0.1, 0.15) is 5.82 Å². The van der Waals surface area contributed by atoms with E-state index in [0.29, 0.717) is 30.2 Å². The summed E-state index contributed by atoms with van der Waals surface area (Å²) in [5.74, 6) is 2.01. The van der Waals surface area contributed by atoms with Crippen LogP contribution in [0.25, 0.3) is 11.5 Å². The fourth-order valence-electron chi connectivity index (χ4n) is 3.70. The normalized spacial score (nSPS) is 14.1. The molecule has 0 radical (unpaired) electrons. The Morgan fingerprint density at radius 1 is 0.968 bits per heavy atom. The predicted octanol–water partition coefficient (Wildman–Crippen LogP) is 0.986. The van der Waals surface area contributed by atoms with E-state index in [1.165, 1.54) is 0 Å². The predicted molar refractivity (Wildman–Crippen MR) is 112 cm³/mol. The molecule has 11 nitrogen and oxygen atoms in total. The lowest BCUT2D eigenvalue weighted by Crippen LogP contribution is -2.60. The second-order valence-electron chi connectivity index (χ2n) is 7.80. The Kier molecular flexibility index (Phi) is 4.38. The van der Waals surface area contributed by atoms with Gasteiger partial charge in [0, 0.05) is 25.8 Å². The van der Waals surface area contributed by atoms with Gasteiger partial charge in [-0.25, -0.2) is 4.68 Å². The van der Waals surface area contributed by atoms with Gasteiger partial charge in [-0.15, -0.1) is 25.5 Å². The molecule has 1 amide bonds. The molecule has 1 aliphatic heterocycles. The fraction of sp³-hybridized carbons (Fsp3) is 0.350. The molecule has 0 N–H and O–H groups in total. The van der Waals surface area contributed by atoms with Crippen molar-refractivity contribution >= 4 is 17.4 Å². The SMILES string of the molecule is Cc1cc(C)n(-c2ccc(C(=O)N(C)C3CN(c4ccc5nnc(C)n5n4)C3)nn2)n1. The van der Waals surface area contributed by atoms with Crippen molar-refractivity contribution in [2.75, 3.05) is 25.0 Å². The smallest absolute Gasteiger partial charge is 0.274 e. The first-order valence-electron chi connectivity index (χ1n) is 9.99. The van der Waals surface area contributed by atoms with Gasteiger partial charge in [0.15, 0.2) is 23.0 Å². The minimum atomic E-state index is -0.157. The maximum absolute atomic E-state index is 12.9. The van der Waals surface area contributed by atoms with E-state index >= 15 is 0 Å². The van der Waals surface area contributed by atoms with Crippen LogP contribution in [-0.4, -0.2) is 76.8 Å². The monoisotopic (exact) mass is 418 g/mol. The van der Waals surface area contributed by atoms with Crippen molar-refractivity contribution in [1.29, 1.82) is 0 Å². The third-order valence-electron chi connectivity index (χ3n) is 5.56. The van der Waals surface area contributed by atoms with E-state index in [4.69, 9.17) is 0 Å². The zero-order valence-corrected chi connectivity index (χ0v) is 17.8. The highest BCUT2D eigenvalue weighted by Gasteiger charge is 2.34. The van der Waals surface area contributed by atoms with Crippen molar-refractivity contribution in [2.24, 2.45) is 0 Å². The number of nitrogens with zero attached hydrogens (tertiary/aromatic N) is 10. The van der Waals surface area contributed by atoms with Crippen LogP contribution < -0.4 is 4.90 Å². The van der Waals surface area contributed by atoms with Crippen LogP contribution in [0.1, 0.15) is 27.7 Å². The molecule has 31 heavy (non-hydrogen) atoms. The van der Waals surface area contributed by atoms with E-state index in [1.54, 1.807) is 33.3 Å². The maximum atomic E-state index is 12.9. The summed E-state index contributed by atoms with van der Waals surface area (Å²) in [6.07, 6.45) is 0. The van der Waals surface area contributed by atoms with E-state index in [2.05, 4.69) is 35.5 Å². The molecular formula is C20H22N10O. The topological polar surface area (TPSA) is 110 Å². The van der Waals surface area contributed by atoms with Crippen molar-refractivity contribution in [3.05, 3.63) is 53.2 Å². The highest BCUT2D eigenvalue weighted by Crippen LogP contribution is 2.22. The lowest BCUT2D eigenvalue weighted by atomic mass is 10.1. The first-order valence-corrected chi connectivity index (χ1v) is 9.99. The quantitative estimate of drug-likeness (QED) is 0.482. The first-order chi connectivity index (χ1) is 14.9. The summed E-state index contributed by atoms with van der Waals surface area (Å²) in [7, 11) is 1.79. The second-order valence-corrected chi connectivity index (χ2v) is 7.80. The molecule has 158 valence electrons. The molecule has 0 aliphatic carbocycles. The van der Waals surface area contributed by atoms with Gasteiger partial charge < -0.3 is 9.80 Å². The van der Waals surface area contributed by atoms with Crippen LogP contribution in [0.2, 0.25) is 0 Å². The number of hydrogen-bond acceptors (Lipinski definition) is 8. The molecule has 5 rings (SSSR count). The van der Waals surface area contributed by atoms with Gasteiger partial charge in [-0.2, -0.15) is 9.61 Å². The third-order valence-corrected chi connectivity index (χ3v) is 5.56. The number of aryl methyl sites for hydroxylation is 3. The van der Waals surface area contributed by atoms with Crippen LogP contribution in [-0.2, 0) is 0 Å². The van der Waals surface area contributed by atoms with Gasteiger partial charge in [-0.05, 0) is 51.1 Å². The van der Waals surface area contributed by atoms with Crippen molar-refractivity contribution in [2.45, 2.75) is 26.8 Å². The van der Waals surface area contributed by atoms with Crippen molar-refractivity contribution in [3.63, 3.8) is 0 Å². The number of likely N-dealkylation sites (N-methyl/N-ethyl adjacent to an activating group) is 1. The molecule has 0 aromatic carbocycles. The lowest BCUT2D eigenvalue weighted by molar-refractivity contribution is 0.0697. The van der Waals surface area contributed by atoms with E-state index in [9.17, 15) is 4.79 Å². The minimum absolute atomic E-state index is 0.0736. The Bertz CT molecular complexity index is 1270. The van der Waals surface area contributed by atoms with Crippen LogP contribution in [0, 0.1) is 20.8 Å². The Labute approximate surface area is 178 Å². The van der Waals surface area contributed by atoms with Crippen molar-refractivity contribution in [3.8, 4) is 5.82 Å². The fourth-order valence-corrected chi connectivity index (χ4v) is 3.70. The average Bonchev–Trinajstić information content (AvgIpc) is 3.27. The van der Waals surface area contributed by atoms with Crippen LogP contribution in [0.15, 0.2) is 30.3 Å². The Morgan fingerprint density at radius 2 is 1.74 bits per heavy atom. The molecule has 1 fully saturated rings. The molecule has 1 aliphatic rings. The molecule has 11 heteroatoms. The molecule has 0 bridgehead atoms. The van der Waals surface area contributed by atoms with Crippen LogP contribution >= 0.6 is 0 Å². The number of rotatable bonds is 4. The Hall–Kier alpha value is -3.89. The molecule has 1 saturated heterocycles. The summed E-state index contributed by atoms with van der Waals surface area (Å²) in [6, 6.07) is 9.31. The third kappa shape index (κ3) is 3.27. The van der Waals surface area contributed by atoms with E-state index in [0.717, 1.165) is 23.0 Å². The number of carbonyl (C=O) groups excluding carboxylic acids is 1. The lowest BCUT2D eigenvalue weighted by Gasteiger charge is -2.44. The number of hydrogen-bond donors (Lipinski definition) is 0. The number of anilines is 1. The summed E-state index contributed by atoms with van der Waals surface area (Å²) in [5.41, 5.74) is 2.90. The summed E-state index contributed by atoms with van der Waals surface area (Å²) in [6.45, 7) is 7.13. The molecule has 4 aromatic heterocycles. The molecule has 5 heterocycles. The summed E-state index contributed by atoms with van der Waals surface area (Å²) < 4.78 is 3.43. The first kappa shape index (κ1) is 19.1. The zero-order valence-electron chi connectivity index (χ0n) is 17.8. The standard InChI is InChI=1S/C20H22N10O/c1-12-9-13(2)29(25-12)17-6-5-16(22-24-17)20(31)27(4)15-10-28(11-15)19-8-7-18-23-21-14(3)30(18)26-19/h5-9,15H,10-11H2,1-4H3. The van der Waals surface area contributed by atoms with Crippen molar-refractivity contribution in [1.82, 2.24) is 44.7 Å². The molecule has 0 spiro atoms. The van der Waals surface area contributed by atoms with Gasteiger partial charge in [0.25, 0.3) is 5.91 Å². The van der Waals surface area contributed by atoms with Gasteiger partial charge in [-0.3, -0.25) is 4.79 Å². The van der Waals surface area contributed by atoms with Crippen molar-refractivity contribution < 1.29 is 4.79 Å². The molecule has 0 unspecified atom stereocenters.